The van der Waals surface area contributed by atoms with E-state index in [4.69, 9.17) is 0 Å². The van der Waals surface area contributed by atoms with E-state index >= 15 is 0 Å². The smallest absolute Gasteiger partial charge is 0.275 e. The SMILES string of the molecule is CCC1(CC)CCN(c2ccc([N+](=O)[O-])c(CO)c2)CC1. The van der Waals surface area contributed by atoms with Gasteiger partial charge in [-0.1, -0.05) is 26.7 Å². The molecule has 0 radical (unpaired) electrons. The molecule has 1 saturated heterocycles. The maximum absolute atomic E-state index is 10.9. The van der Waals surface area contributed by atoms with Crippen LogP contribution in [0, 0.1) is 15.5 Å². The van der Waals surface area contributed by atoms with Crippen molar-refractivity contribution in [2.24, 2.45) is 5.41 Å². The van der Waals surface area contributed by atoms with Gasteiger partial charge in [0.05, 0.1) is 17.1 Å². The molecule has 1 N–H and O–H groups in total. The lowest BCUT2D eigenvalue weighted by molar-refractivity contribution is -0.385. The summed E-state index contributed by atoms with van der Waals surface area (Å²) in [6.07, 6.45) is 4.73. The molecule has 5 nitrogen and oxygen atoms in total. The third-order valence-corrected chi connectivity index (χ3v) is 5.12. The first-order chi connectivity index (χ1) is 10.0. The van der Waals surface area contributed by atoms with Crippen molar-refractivity contribution in [3.05, 3.63) is 33.9 Å². The zero-order valence-corrected chi connectivity index (χ0v) is 12.8. The summed E-state index contributed by atoms with van der Waals surface area (Å²) < 4.78 is 0. The molecule has 0 saturated carbocycles. The standard InChI is InChI=1S/C16H24N2O3/c1-3-16(4-2)7-9-17(10-8-16)14-5-6-15(18(20)21)13(11-14)12-19/h5-6,11,19H,3-4,7-10,12H2,1-2H3. The molecule has 5 heteroatoms. The fraction of sp³-hybridized carbons (Fsp3) is 0.625. The van der Waals surface area contributed by atoms with Gasteiger partial charge in [0.25, 0.3) is 5.69 Å². The Labute approximate surface area is 125 Å². The minimum atomic E-state index is -0.440. The molecule has 1 fully saturated rings. The van der Waals surface area contributed by atoms with Gasteiger partial charge < -0.3 is 10.0 Å². The average Bonchev–Trinajstić information content (AvgIpc) is 2.54. The van der Waals surface area contributed by atoms with Crippen LogP contribution >= 0.6 is 0 Å². The molecular weight excluding hydrogens is 268 g/mol. The van der Waals surface area contributed by atoms with Crippen LogP contribution in [0.2, 0.25) is 0 Å². The normalized spacial score (nSPS) is 17.8. The number of nitro groups is 1. The van der Waals surface area contributed by atoms with Gasteiger partial charge in [0.15, 0.2) is 0 Å². The highest BCUT2D eigenvalue weighted by Crippen LogP contribution is 2.39. The van der Waals surface area contributed by atoms with Crippen LogP contribution in [0.5, 0.6) is 0 Å². The highest BCUT2D eigenvalue weighted by molar-refractivity contribution is 5.55. The van der Waals surface area contributed by atoms with Crippen molar-refractivity contribution < 1.29 is 10.0 Å². The highest BCUT2D eigenvalue weighted by Gasteiger charge is 2.31. The van der Waals surface area contributed by atoms with E-state index in [0.717, 1.165) is 31.6 Å². The van der Waals surface area contributed by atoms with Gasteiger partial charge in [0.1, 0.15) is 0 Å². The van der Waals surface area contributed by atoms with Crippen LogP contribution in [-0.4, -0.2) is 23.1 Å². The Bertz CT molecular complexity index is 502. The summed E-state index contributed by atoms with van der Waals surface area (Å²) in [7, 11) is 0. The molecule has 0 aromatic heterocycles. The Hall–Kier alpha value is -1.62. The van der Waals surface area contributed by atoms with Crippen molar-refractivity contribution in [2.45, 2.75) is 46.1 Å². The molecule has 0 atom stereocenters. The van der Waals surface area contributed by atoms with Crippen molar-refractivity contribution in [3.63, 3.8) is 0 Å². The molecule has 1 aromatic rings. The van der Waals surface area contributed by atoms with Crippen molar-refractivity contribution in [1.82, 2.24) is 0 Å². The van der Waals surface area contributed by atoms with Gasteiger partial charge in [-0.2, -0.15) is 0 Å². The first-order valence-corrected chi connectivity index (χ1v) is 7.68. The zero-order valence-electron chi connectivity index (χ0n) is 12.8. The van der Waals surface area contributed by atoms with Crippen LogP contribution in [0.3, 0.4) is 0 Å². The number of piperidine rings is 1. The molecule has 1 aromatic carbocycles. The number of anilines is 1. The van der Waals surface area contributed by atoms with Crippen LogP contribution in [-0.2, 0) is 6.61 Å². The summed E-state index contributed by atoms with van der Waals surface area (Å²) in [5.41, 5.74) is 1.82. The van der Waals surface area contributed by atoms with Gasteiger partial charge in [0, 0.05) is 24.8 Å². The second-order valence-corrected chi connectivity index (χ2v) is 5.92. The summed E-state index contributed by atoms with van der Waals surface area (Å²) in [6.45, 7) is 6.17. The van der Waals surface area contributed by atoms with E-state index in [9.17, 15) is 15.2 Å². The minimum absolute atomic E-state index is 0.00489. The first kappa shape index (κ1) is 15.8. The van der Waals surface area contributed by atoms with E-state index in [2.05, 4.69) is 18.7 Å². The minimum Gasteiger partial charge on any atom is -0.391 e. The molecule has 116 valence electrons. The predicted octanol–water partition coefficient (Wildman–Crippen LogP) is 3.49. The molecule has 0 amide bonds. The van der Waals surface area contributed by atoms with Crippen LogP contribution in [0.15, 0.2) is 18.2 Å². The van der Waals surface area contributed by atoms with E-state index in [1.165, 1.54) is 18.9 Å². The van der Waals surface area contributed by atoms with Crippen molar-refractivity contribution >= 4 is 11.4 Å². The number of nitro benzene ring substituents is 1. The monoisotopic (exact) mass is 292 g/mol. The number of nitrogens with zero attached hydrogens (tertiary/aromatic N) is 2. The third kappa shape index (κ3) is 3.18. The Balaban J connectivity index is 2.15. The van der Waals surface area contributed by atoms with Gasteiger partial charge in [-0.3, -0.25) is 10.1 Å². The van der Waals surface area contributed by atoms with E-state index in [1.54, 1.807) is 12.1 Å². The lowest BCUT2D eigenvalue weighted by atomic mass is 9.74. The summed E-state index contributed by atoms with van der Waals surface area (Å²) >= 11 is 0. The van der Waals surface area contributed by atoms with E-state index in [-0.39, 0.29) is 12.3 Å². The topological polar surface area (TPSA) is 66.6 Å². The Morgan fingerprint density at radius 2 is 1.90 bits per heavy atom. The molecule has 0 aliphatic carbocycles. The van der Waals surface area contributed by atoms with E-state index < -0.39 is 4.92 Å². The van der Waals surface area contributed by atoms with Crippen molar-refractivity contribution in [1.29, 1.82) is 0 Å². The van der Waals surface area contributed by atoms with E-state index in [1.807, 2.05) is 0 Å². The van der Waals surface area contributed by atoms with Gasteiger partial charge >= 0.3 is 0 Å². The lowest BCUT2D eigenvalue weighted by Crippen LogP contribution is -2.39. The van der Waals surface area contributed by atoms with Gasteiger partial charge in [0.2, 0.25) is 0 Å². The lowest BCUT2D eigenvalue weighted by Gasteiger charge is -2.42. The summed E-state index contributed by atoms with van der Waals surface area (Å²) in [5, 5.41) is 20.2. The van der Waals surface area contributed by atoms with Crippen molar-refractivity contribution in [3.8, 4) is 0 Å². The largest absolute Gasteiger partial charge is 0.391 e. The number of aliphatic hydroxyl groups is 1. The van der Waals surface area contributed by atoms with Gasteiger partial charge in [-0.25, -0.2) is 0 Å². The Morgan fingerprint density at radius 1 is 1.29 bits per heavy atom. The molecule has 0 unspecified atom stereocenters. The summed E-state index contributed by atoms with van der Waals surface area (Å²) in [5.74, 6) is 0. The predicted molar refractivity (Wildman–Crippen MR) is 83.5 cm³/mol. The number of benzene rings is 1. The molecule has 1 heterocycles. The Kier molecular flexibility index (Phi) is 4.83. The molecule has 0 bridgehead atoms. The number of hydrogen-bond donors (Lipinski definition) is 1. The molecule has 0 spiro atoms. The molecule has 1 aliphatic heterocycles. The zero-order chi connectivity index (χ0) is 15.5. The maximum atomic E-state index is 10.9. The first-order valence-electron chi connectivity index (χ1n) is 7.68. The molecular formula is C16H24N2O3. The van der Waals surface area contributed by atoms with Crippen LogP contribution < -0.4 is 4.90 Å². The van der Waals surface area contributed by atoms with Gasteiger partial charge in [-0.05, 0) is 30.4 Å². The maximum Gasteiger partial charge on any atom is 0.275 e. The van der Waals surface area contributed by atoms with Crippen LogP contribution in [0.1, 0.15) is 45.1 Å². The van der Waals surface area contributed by atoms with Gasteiger partial charge in [-0.15, -0.1) is 0 Å². The molecule has 21 heavy (non-hydrogen) atoms. The third-order valence-electron chi connectivity index (χ3n) is 5.12. The second-order valence-electron chi connectivity index (χ2n) is 5.92. The summed E-state index contributed by atoms with van der Waals surface area (Å²) in [4.78, 5) is 12.7. The number of rotatable bonds is 5. The quantitative estimate of drug-likeness (QED) is 0.666. The molecule has 2 rings (SSSR count). The number of hydrogen-bond acceptors (Lipinski definition) is 4. The number of aliphatic hydroxyl groups excluding tert-OH is 1. The fourth-order valence-corrected chi connectivity index (χ4v) is 3.27. The van der Waals surface area contributed by atoms with Crippen LogP contribution in [0.25, 0.3) is 0 Å². The summed E-state index contributed by atoms with van der Waals surface area (Å²) in [6, 6.07) is 5.05. The van der Waals surface area contributed by atoms with E-state index in [0.29, 0.717) is 11.0 Å². The molecule has 1 aliphatic rings. The average molecular weight is 292 g/mol. The Morgan fingerprint density at radius 3 is 2.38 bits per heavy atom. The highest BCUT2D eigenvalue weighted by atomic mass is 16.6. The fourth-order valence-electron chi connectivity index (χ4n) is 3.27. The van der Waals surface area contributed by atoms with Crippen molar-refractivity contribution in [2.75, 3.05) is 18.0 Å². The van der Waals surface area contributed by atoms with Crippen LogP contribution in [0.4, 0.5) is 11.4 Å². The second kappa shape index (κ2) is 6.43.